The van der Waals surface area contributed by atoms with E-state index in [1.807, 2.05) is 72.9 Å². The quantitative estimate of drug-likeness (QED) is 0.130. The minimum absolute atomic E-state index is 0. The third-order valence-corrected chi connectivity index (χ3v) is 7.87. The van der Waals surface area contributed by atoms with E-state index in [9.17, 15) is 0 Å². The molecule has 0 fully saturated rings. The number of hydrogen-bond donors (Lipinski definition) is 0. The zero-order chi connectivity index (χ0) is 32.1. The van der Waals surface area contributed by atoms with Gasteiger partial charge in [-0.05, 0) is 36.7 Å². The predicted molar refractivity (Wildman–Crippen MR) is 178 cm³/mol. The summed E-state index contributed by atoms with van der Waals surface area (Å²) in [4.78, 5) is 8.93. The van der Waals surface area contributed by atoms with Gasteiger partial charge < -0.3 is 9.40 Å². The standard InChI is InChI=1S/C27H16N3O.C12H10N.Ir/c1-16-24(17-9-3-2-4-10-17)29-30-26(16)19-12-6-5-11-18(19)25-27(30)23-20-13-7-8-14-21(20)31-22(23)15-28-25;1-10-7-8-12(13-9-10)11-5-3-2-4-6-11;/h2-10,12-15H,1H3;2-5,7-9H,1H3;/q2*-1;/i;1D3;. The van der Waals surface area contributed by atoms with Gasteiger partial charge in [0.05, 0.1) is 17.4 Å². The number of rotatable bonds is 2. The summed E-state index contributed by atoms with van der Waals surface area (Å²) in [6.07, 6.45) is 3.21. The van der Waals surface area contributed by atoms with Crippen molar-refractivity contribution in [2.24, 2.45) is 0 Å². The molecule has 5 nitrogen and oxygen atoms in total. The molecule has 0 amide bonds. The molecule has 5 aromatic heterocycles. The average Bonchev–Trinajstić information content (AvgIpc) is 3.67. The maximum absolute atomic E-state index is 7.23. The molecule has 4 aromatic carbocycles. The Morgan fingerprint density at radius 3 is 2.33 bits per heavy atom. The summed E-state index contributed by atoms with van der Waals surface area (Å²) in [7, 11) is 0. The zero-order valence-electron chi connectivity index (χ0n) is 27.1. The van der Waals surface area contributed by atoms with Gasteiger partial charge in [0.1, 0.15) is 5.58 Å². The van der Waals surface area contributed by atoms with Crippen LogP contribution >= 0.6 is 0 Å². The van der Waals surface area contributed by atoms with E-state index in [1.165, 1.54) is 6.20 Å². The maximum atomic E-state index is 7.23. The molecule has 1 radical (unpaired) electrons. The van der Waals surface area contributed by atoms with Crippen LogP contribution in [0.25, 0.3) is 71.8 Å². The largest absolute Gasteiger partial charge is 0.454 e. The first-order valence-electron chi connectivity index (χ1n) is 15.8. The van der Waals surface area contributed by atoms with Gasteiger partial charge in [-0.1, -0.05) is 66.0 Å². The van der Waals surface area contributed by atoms with Crippen molar-refractivity contribution in [1.82, 2.24) is 19.6 Å². The van der Waals surface area contributed by atoms with Crippen molar-refractivity contribution in [1.29, 1.82) is 0 Å². The van der Waals surface area contributed by atoms with E-state index in [0.29, 0.717) is 0 Å². The Labute approximate surface area is 277 Å². The van der Waals surface area contributed by atoms with Crippen LogP contribution in [-0.2, 0) is 20.1 Å². The van der Waals surface area contributed by atoms with Crippen molar-refractivity contribution >= 4 is 49.3 Å². The van der Waals surface area contributed by atoms with Crippen molar-refractivity contribution in [2.45, 2.75) is 13.8 Å². The van der Waals surface area contributed by atoms with Gasteiger partial charge in [-0.2, -0.15) is 5.10 Å². The molecular weight excluding hydrogens is 733 g/mol. The van der Waals surface area contributed by atoms with Crippen LogP contribution in [0.15, 0.2) is 126 Å². The number of nitrogens with zero attached hydrogens (tertiary/aromatic N) is 4. The fraction of sp³-hybridized carbons (Fsp3) is 0.0513. The molecule has 0 N–H and O–H groups in total. The molecule has 0 saturated carbocycles. The van der Waals surface area contributed by atoms with Crippen LogP contribution in [0.2, 0.25) is 0 Å². The van der Waals surface area contributed by atoms with Crippen molar-refractivity contribution in [3.8, 4) is 22.5 Å². The van der Waals surface area contributed by atoms with Crippen molar-refractivity contribution < 1.29 is 28.6 Å². The number of aromatic nitrogens is 4. The molecule has 0 bridgehead atoms. The Kier molecular flexibility index (Phi) is 6.57. The Morgan fingerprint density at radius 2 is 1.53 bits per heavy atom. The van der Waals surface area contributed by atoms with Gasteiger partial charge in [-0.15, -0.1) is 65.5 Å². The molecule has 0 aliphatic rings. The van der Waals surface area contributed by atoms with Gasteiger partial charge in [0.15, 0.2) is 5.58 Å². The van der Waals surface area contributed by atoms with Crippen LogP contribution in [0.4, 0.5) is 0 Å². The Morgan fingerprint density at radius 1 is 0.733 bits per heavy atom. The molecule has 6 heteroatoms. The van der Waals surface area contributed by atoms with Crippen LogP contribution < -0.4 is 0 Å². The summed E-state index contributed by atoms with van der Waals surface area (Å²) < 4.78 is 29.9. The third kappa shape index (κ3) is 4.89. The topological polar surface area (TPSA) is 56.2 Å². The zero-order valence-corrected chi connectivity index (χ0v) is 26.5. The molecule has 9 rings (SSSR count). The van der Waals surface area contributed by atoms with Crippen molar-refractivity contribution in [3.05, 3.63) is 145 Å². The molecule has 5 heterocycles. The van der Waals surface area contributed by atoms with Crippen molar-refractivity contribution in [2.75, 3.05) is 0 Å². The average molecular weight is 762 g/mol. The first kappa shape index (κ1) is 25.2. The van der Waals surface area contributed by atoms with Crippen LogP contribution in [-0.4, -0.2) is 19.6 Å². The van der Waals surface area contributed by atoms with E-state index < -0.39 is 6.85 Å². The normalized spacial score (nSPS) is 12.4. The van der Waals surface area contributed by atoms with Gasteiger partial charge in [-0.3, -0.25) is 4.98 Å². The van der Waals surface area contributed by atoms with Gasteiger partial charge in [0, 0.05) is 57.8 Å². The smallest absolute Gasteiger partial charge is 0.154 e. The number of fused-ring (bicyclic) bond motifs is 10. The molecule has 0 aliphatic heterocycles. The van der Waals surface area contributed by atoms with Gasteiger partial charge in [-0.25, -0.2) is 4.52 Å². The molecule has 0 saturated heterocycles. The SMILES string of the molecule is Cc1c(-c2ccccc2)nn2c1c1ccc[c-]c1c1ncc3oc4ccccc4c3c12.[2H]C([2H])([2H])c1ccc(-c2[c-]cccc2)nc1.[Ir]. The summed E-state index contributed by atoms with van der Waals surface area (Å²) in [5.41, 5.74) is 9.59. The molecule has 0 aliphatic carbocycles. The number of hydrogen-bond acceptors (Lipinski definition) is 4. The van der Waals surface area contributed by atoms with Crippen LogP contribution in [0.1, 0.15) is 15.2 Å². The number of para-hydroxylation sites is 1. The van der Waals surface area contributed by atoms with Gasteiger partial charge >= 0.3 is 0 Å². The summed E-state index contributed by atoms with van der Waals surface area (Å²) in [5.74, 6) is 0. The van der Waals surface area contributed by atoms with E-state index in [4.69, 9.17) is 18.6 Å². The fourth-order valence-corrected chi connectivity index (χ4v) is 5.87. The Hall–Kier alpha value is -5.16. The first-order chi connectivity index (χ1) is 22.9. The number of pyridine rings is 3. The number of furan rings is 1. The first-order valence-corrected chi connectivity index (χ1v) is 14.3. The maximum Gasteiger partial charge on any atom is 0.154 e. The van der Waals surface area contributed by atoms with Gasteiger partial charge in [0.2, 0.25) is 0 Å². The monoisotopic (exact) mass is 762 g/mol. The molecule has 9 aromatic rings. The Bertz CT molecular complexity index is 2560. The molecule has 45 heavy (non-hydrogen) atoms. The molecule has 0 atom stereocenters. The summed E-state index contributed by atoms with van der Waals surface area (Å²) in [5, 5.41) is 9.32. The minimum Gasteiger partial charge on any atom is -0.454 e. The molecular formula is C39H26IrN4O-2. The fourth-order valence-electron chi connectivity index (χ4n) is 5.87. The number of aryl methyl sites for hydroxylation is 2. The van der Waals surface area contributed by atoms with E-state index in [2.05, 4.69) is 52.8 Å². The van der Waals surface area contributed by atoms with E-state index in [-0.39, 0.29) is 25.7 Å². The summed E-state index contributed by atoms with van der Waals surface area (Å²) >= 11 is 0. The van der Waals surface area contributed by atoms with Crippen LogP contribution in [0, 0.1) is 25.9 Å². The molecule has 219 valence electrons. The Balaban J connectivity index is 0.000000183. The second-order valence-electron chi connectivity index (χ2n) is 10.6. The minimum atomic E-state index is -2.09. The van der Waals surface area contributed by atoms with E-state index >= 15 is 0 Å². The van der Waals surface area contributed by atoms with Crippen LogP contribution in [0.3, 0.4) is 0 Å². The second kappa shape index (κ2) is 11.7. The van der Waals surface area contributed by atoms with E-state index in [1.54, 1.807) is 18.2 Å². The third-order valence-electron chi connectivity index (χ3n) is 7.87. The molecule has 0 unspecified atom stereocenters. The van der Waals surface area contributed by atoms with Crippen molar-refractivity contribution in [3.63, 3.8) is 0 Å². The van der Waals surface area contributed by atoms with Gasteiger partial charge in [0.25, 0.3) is 0 Å². The summed E-state index contributed by atoms with van der Waals surface area (Å²) in [6.45, 7) is 0.0515. The van der Waals surface area contributed by atoms with E-state index in [0.717, 1.165) is 77.3 Å². The second-order valence-corrected chi connectivity index (χ2v) is 10.6. The number of benzene rings is 4. The predicted octanol–water partition coefficient (Wildman–Crippen LogP) is 9.57. The summed E-state index contributed by atoms with van der Waals surface area (Å²) in [6, 6.07) is 41.8. The molecule has 0 spiro atoms. The van der Waals surface area contributed by atoms with Crippen LogP contribution in [0.5, 0.6) is 0 Å².